The van der Waals surface area contributed by atoms with Gasteiger partial charge in [-0.3, -0.25) is 5.43 Å². The third kappa shape index (κ3) is 6.01. The molecule has 0 saturated heterocycles. The summed E-state index contributed by atoms with van der Waals surface area (Å²) < 4.78 is 0. The molecule has 0 atom stereocenters. The molecule has 1 radical (unpaired) electrons. The third-order valence-corrected chi connectivity index (χ3v) is 4.39. The fraction of sp³-hybridized carbons (Fsp3) is 0.130. The van der Waals surface area contributed by atoms with Gasteiger partial charge in [-0.05, 0) is 50.1 Å². The summed E-state index contributed by atoms with van der Waals surface area (Å²) in [4.78, 5) is 11.5. The molecule has 0 bridgehead atoms. The Balaban J connectivity index is 0.00000341. The van der Waals surface area contributed by atoms with Crippen LogP contribution in [0, 0.1) is 20.8 Å². The van der Waals surface area contributed by atoms with Gasteiger partial charge in [-0.1, -0.05) is 48.0 Å². The van der Waals surface area contributed by atoms with Crippen LogP contribution in [0.25, 0.3) is 0 Å². The molecular weight excluding hydrogens is 444 g/mol. The number of nitrogens with zero attached hydrogens (tertiary/aromatic N) is 3. The van der Waals surface area contributed by atoms with Crippen molar-refractivity contribution in [2.24, 2.45) is 15.3 Å². The van der Waals surface area contributed by atoms with Crippen LogP contribution in [0.5, 0.6) is 5.75 Å². The number of benzene rings is 3. The SMILES string of the molecule is Cc1cc(C)c(O)c(NN=C(N=Nc2ccc(C)cc2C(=O)O)c2ccccc2)c1.[Cu]. The van der Waals surface area contributed by atoms with Crippen molar-refractivity contribution in [1.82, 2.24) is 0 Å². The monoisotopic (exact) mass is 465 g/mol. The van der Waals surface area contributed by atoms with Crippen LogP contribution in [0.3, 0.4) is 0 Å². The van der Waals surface area contributed by atoms with Crippen LogP contribution in [0.15, 0.2) is 76.0 Å². The van der Waals surface area contributed by atoms with Crippen LogP contribution in [-0.2, 0) is 17.1 Å². The molecular formula is C23H22CuN4O3. The standard InChI is InChI=1S/C23H22N4O3.Cu/c1-14-9-10-19(18(12-14)23(29)30)24-26-22(17-7-5-4-6-8-17)27-25-20-13-15(2)11-16(3)21(20)28;/h4-13,25,28H,1-3H3,(H,29,30);. The zero-order valence-corrected chi connectivity index (χ0v) is 18.2. The van der Waals surface area contributed by atoms with E-state index in [1.807, 2.05) is 50.2 Å². The van der Waals surface area contributed by atoms with Crippen molar-refractivity contribution in [2.75, 3.05) is 5.43 Å². The molecule has 7 nitrogen and oxygen atoms in total. The zero-order valence-electron chi connectivity index (χ0n) is 17.2. The Hall–Kier alpha value is -3.48. The summed E-state index contributed by atoms with van der Waals surface area (Å²) in [6.45, 7) is 5.54. The summed E-state index contributed by atoms with van der Waals surface area (Å²) in [5, 5.41) is 32.4. The van der Waals surface area contributed by atoms with E-state index in [1.54, 1.807) is 31.2 Å². The van der Waals surface area contributed by atoms with Gasteiger partial charge in [0.15, 0.2) is 0 Å². The van der Waals surface area contributed by atoms with Crippen molar-refractivity contribution in [3.8, 4) is 5.75 Å². The van der Waals surface area contributed by atoms with E-state index in [9.17, 15) is 15.0 Å². The minimum absolute atomic E-state index is 0. The third-order valence-electron chi connectivity index (χ3n) is 4.39. The maximum atomic E-state index is 11.5. The first-order valence-electron chi connectivity index (χ1n) is 9.30. The number of aryl methyl sites for hydroxylation is 3. The fourth-order valence-electron chi connectivity index (χ4n) is 2.90. The van der Waals surface area contributed by atoms with Gasteiger partial charge in [-0.2, -0.15) is 5.10 Å². The van der Waals surface area contributed by atoms with E-state index in [2.05, 4.69) is 20.8 Å². The van der Waals surface area contributed by atoms with Crippen molar-refractivity contribution >= 4 is 23.2 Å². The Kier molecular flexibility index (Phi) is 8.07. The quantitative estimate of drug-likeness (QED) is 0.114. The molecule has 3 aromatic rings. The van der Waals surface area contributed by atoms with Crippen LogP contribution in [0.4, 0.5) is 11.4 Å². The van der Waals surface area contributed by atoms with Gasteiger partial charge >= 0.3 is 5.97 Å². The van der Waals surface area contributed by atoms with Gasteiger partial charge < -0.3 is 10.2 Å². The van der Waals surface area contributed by atoms with Crippen LogP contribution >= 0.6 is 0 Å². The number of carboxylic acids is 1. The fourth-order valence-corrected chi connectivity index (χ4v) is 2.90. The predicted octanol–water partition coefficient (Wildman–Crippen LogP) is 5.57. The van der Waals surface area contributed by atoms with Crippen LogP contribution in [-0.4, -0.2) is 22.0 Å². The summed E-state index contributed by atoms with van der Waals surface area (Å²) in [5.74, 6) is -0.740. The molecule has 31 heavy (non-hydrogen) atoms. The molecule has 0 spiro atoms. The molecule has 0 aromatic heterocycles. The number of amidine groups is 1. The summed E-state index contributed by atoms with van der Waals surface area (Å²) in [6, 6.07) is 17.7. The normalized spacial score (nSPS) is 11.3. The predicted molar refractivity (Wildman–Crippen MR) is 117 cm³/mol. The molecule has 0 unspecified atom stereocenters. The van der Waals surface area contributed by atoms with Crippen LogP contribution in [0.1, 0.15) is 32.6 Å². The number of hydrogen-bond donors (Lipinski definition) is 3. The van der Waals surface area contributed by atoms with Gasteiger partial charge in [0.05, 0.1) is 11.3 Å². The number of phenolic OH excluding ortho intramolecular Hbond substituents is 1. The topological polar surface area (TPSA) is 107 Å². The first kappa shape index (κ1) is 23.8. The molecule has 0 amide bonds. The average Bonchev–Trinajstić information content (AvgIpc) is 2.72. The molecule has 3 N–H and O–H groups in total. The number of azo groups is 1. The number of carboxylic acid groups (broad SMARTS) is 1. The molecule has 0 heterocycles. The summed E-state index contributed by atoms with van der Waals surface area (Å²) >= 11 is 0. The number of anilines is 1. The molecule has 0 saturated carbocycles. The smallest absolute Gasteiger partial charge is 0.337 e. The van der Waals surface area contributed by atoms with Gasteiger partial charge in [0.1, 0.15) is 11.4 Å². The molecule has 0 aliphatic heterocycles. The first-order valence-corrected chi connectivity index (χ1v) is 9.30. The van der Waals surface area contributed by atoms with Gasteiger partial charge in [0, 0.05) is 22.6 Å². The van der Waals surface area contributed by atoms with Crippen molar-refractivity contribution in [1.29, 1.82) is 0 Å². The van der Waals surface area contributed by atoms with Crippen LogP contribution < -0.4 is 5.43 Å². The molecule has 0 fully saturated rings. The Bertz CT molecular complexity index is 1150. The van der Waals surface area contributed by atoms with Crippen LogP contribution in [0.2, 0.25) is 0 Å². The molecule has 8 heteroatoms. The minimum Gasteiger partial charge on any atom is -0.505 e. The number of nitrogens with one attached hydrogen (secondary N) is 1. The maximum absolute atomic E-state index is 11.5. The van der Waals surface area contributed by atoms with E-state index in [1.165, 1.54) is 0 Å². The molecule has 3 aromatic carbocycles. The maximum Gasteiger partial charge on any atom is 0.337 e. The molecule has 0 aliphatic rings. The van der Waals surface area contributed by atoms with Crippen molar-refractivity contribution in [3.63, 3.8) is 0 Å². The van der Waals surface area contributed by atoms with E-state index in [0.717, 1.165) is 16.7 Å². The van der Waals surface area contributed by atoms with Gasteiger partial charge in [-0.25, -0.2) is 4.79 Å². The Labute approximate surface area is 191 Å². The molecule has 163 valence electrons. The largest absolute Gasteiger partial charge is 0.505 e. The van der Waals surface area contributed by atoms with Crippen molar-refractivity contribution in [3.05, 3.63) is 88.5 Å². The summed E-state index contributed by atoms with van der Waals surface area (Å²) in [5.41, 5.74) is 6.76. The van der Waals surface area contributed by atoms with E-state index in [0.29, 0.717) is 11.3 Å². The van der Waals surface area contributed by atoms with Gasteiger partial charge in [0.25, 0.3) is 0 Å². The number of hydrogen-bond acceptors (Lipinski definition) is 5. The summed E-state index contributed by atoms with van der Waals surface area (Å²) in [7, 11) is 0. The first-order chi connectivity index (χ1) is 14.3. The minimum atomic E-state index is -1.08. The zero-order chi connectivity index (χ0) is 21.7. The second-order valence-corrected chi connectivity index (χ2v) is 6.92. The van der Waals surface area contributed by atoms with Crippen molar-refractivity contribution in [2.45, 2.75) is 20.8 Å². The number of hydrazone groups is 1. The Morgan fingerprint density at radius 3 is 2.32 bits per heavy atom. The number of aromatic hydroxyl groups is 1. The van der Waals surface area contributed by atoms with E-state index >= 15 is 0 Å². The second kappa shape index (κ2) is 10.5. The summed E-state index contributed by atoms with van der Waals surface area (Å²) in [6.07, 6.45) is 0. The second-order valence-electron chi connectivity index (χ2n) is 6.92. The van der Waals surface area contributed by atoms with Gasteiger partial charge in [-0.15, -0.1) is 10.2 Å². The number of phenols is 1. The van der Waals surface area contributed by atoms with Gasteiger partial charge in [0.2, 0.25) is 5.84 Å². The Morgan fingerprint density at radius 1 is 0.935 bits per heavy atom. The Morgan fingerprint density at radius 2 is 1.65 bits per heavy atom. The molecule has 3 rings (SSSR count). The van der Waals surface area contributed by atoms with E-state index in [-0.39, 0.29) is 39.9 Å². The average molecular weight is 466 g/mol. The number of aromatic carboxylic acids is 1. The van der Waals surface area contributed by atoms with E-state index in [4.69, 9.17) is 0 Å². The molecule has 0 aliphatic carbocycles. The van der Waals surface area contributed by atoms with E-state index < -0.39 is 5.97 Å². The number of rotatable bonds is 5. The number of carbonyl (C=O) groups is 1. The van der Waals surface area contributed by atoms with Crippen molar-refractivity contribution < 1.29 is 32.1 Å².